The molecule has 1 saturated heterocycles. The molecular formula is C14H19FN2O2. The van der Waals surface area contributed by atoms with Gasteiger partial charge < -0.3 is 15.4 Å². The Balaban J connectivity index is 2.23. The lowest BCUT2D eigenvalue weighted by molar-refractivity contribution is -0.130. The summed E-state index contributed by atoms with van der Waals surface area (Å²) in [5.74, 6) is -0.173. The molecular weight excluding hydrogens is 247 g/mol. The molecule has 1 aromatic rings. The van der Waals surface area contributed by atoms with Crippen molar-refractivity contribution in [3.05, 3.63) is 29.6 Å². The summed E-state index contributed by atoms with van der Waals surface area (Å²) in [6, 6.07) is 4.82. The Labute approximate surface area is 112 Å². The summed E-state index contributed by atoms with van der Waals surface area (Å²) < 4.78 is 18.6. The first kappa shape index (κ1) is 13.8. The molecule has 0 spiro atoms. The van der Waals surface area contributed by atoms with Crippen LogP contribution in [0.3, 0.4) is 0 Å². The Morgan fingerprint density at radius 3 is 2.84 bits per heavy atom. The fourth-order valence-corrected chi connectivity index (χ4v) is 2.52. The molecule has 4 nitrogen and oxygen atoms in total. The van der Waals surface area contributed by atoms with E-state index in [1.807, 2.05) is 6.07 Å². The molecule has 5 heteroatoms. The second-order valence-electron chi connectivity index (χ2n) is 4.92. The molecule has 2 rings (SSSR count). The molecule has 1 heterocycles. The number of nitrogens with zero attached hydrogens (tertiary/aromatic N) is 1. The van der Waals surface area contributed by atoms with Gasteiger partial charge in [0, 0.05) is 32.0 Å². The molecule has 104 valence electrons. The van der Waals surface area contributed by atoms with Gasteiger partial charge in [0.25, 0.3) is 0 Å². The minimum atomic E-state index is -0.396. The Morgan fingerprint density at radius 1 is 1.53 bits per heavy atom. The number of rotatable bonds is 2. The summed E-state index contributed by atoms with van der Waals surface area (Å²) in [7, 11) is 1.43. The normalized spacial score (nSPS) is 23.3. The van der Waals surface area contributed by atoms with E-state index in [2.05, 4.69) is 0 Å². The molecule has 1 fully saturated rings. The van der Waals surface area contributed by atoms with Crippen molar-refractivity contribution in [1.82, 2.24) is 4.90 Å². The van der Waals surface area contributed by atoms with E-state index in [4.69, 9.17) is 10.5 Å². The number of methoxy groups -OCH3 is 1. The third-order valence-electron chi connectivity index (χ3n) is 3.72. The van der Waals surface area contributed by atoms with Crippen LogP contribution in [0.25, 0.3) is 0 Å². The highest BCUT2D eigenvalue weighted by Gasteiger charge is 2.29. The Bertz CT molecular complexity index is 479. The fourth-order valence-electron chi connectivity index (χ4n) is 2.52. The van der Waals surface area contributed by atoms with E-state index in [1.165, 1.54) is 13.2 Å². The van der Waals surface area contributed by atoms with Gasteiger partial charge in [-0.15, -0.1) is 0 Å². The maximum atomic E-state index is 13.7. The van der Waals surface area contributed by atoms with Gasteiger partial charge in [-0.3, -0.25) is 4.79 Å². The van der Waals surface area contributed by atoms with Crippen LogP contribution in [0, 0.1) is 5.82 Å². The van der Waals surface area contributed by atoms with Gasteiger partial charge in [-0.25, -0.2) is 4.39 Å². The average Bonchev–Trinajstić information content (AvgIpc) is 2.38. The second-order valence-corrected chi connectivity index (χ2v) is 4.92. The zero-order valence-corrected chi connectivity index (χ0v) is 11.2. The molecule has 0 radical (unpaired) electrons. The number of piperidine rings is 1. The minimum absolute atomic E-state index is 0.0296. The van der Waals surface area contributed by atoms with Crippen LogP contribution >= 0.6 is 0 Å². The van der Waals surface area contributed by atoms with Crippen molar-refractivity contribution in [3.8, 4) is 5.75 Å². The van der Waals surface area contributed by atoms with Crippen molar-refractivity contribution in [3.63, 3.8) is 0 Å². The molecule has 2 unspecified atom stereocenters. The van der Waals surface area contributed by atoms with Crippen molar-refractivity contribution in [2.24, 2.45) is 5.73 Å². The monoisotopic (exact) mass is 266 g/mol. The molecule has 0 bridgehead atoms. The van der Waals surface area contributed by atoms with E-state index < -0.39 is 5.82 Å². The molecule has 0 aromatic heterocycles. The van der Waals surface area contributed by atoms with Gasteiger partial charge in [-0.1, -0.05) is 6.07 Å². The molecule has 19 heavy (non-hydrogen) atoms. The van der Waals surface area contributed by atoms with Crippen LogP contribution in [0.4, 0.5) is 4.39 Å². The van der Waals surface area contributed by atoms with Gasteiger partial charge in [0.05, 0.1) is 7.11 Å². The number of hydrogen-bond donors (Lipinski definition) is 1. The van der Waals surface area contributed by atoms with Crippen molar-refractivity contribution in [1.29, 1.82) is 0 Å². The lowest BCUT2D eigenvalue weighted by atomic mass is 9.86. The Morgan fingerprint density at radius 2 is 2.26 bits per heavy atom. The third kappa shape index (κ3) is 2.87. The Hall–Kier alpha value is -1.62. The molecule has 1 aliphatic heterocycles. The minimum Gasteiger partial charge on any atom is -0.494 e. The Kier molecular flexibility index (Phi) is 4.04. The molecule has 1 aliphatic rings. The molecule has 2 atom stereocenters. The standard InChI is InChI=1S/C14H19FN2O2/c1-9(18)17-6-5-13(16)11(8-17)10-3-4-14(19-2)12(15)7-10/h3-4,7,11,13H,5-6,8,16H2,1-2H3. The summed E-state index contributed by atoms with van der Waals surface area (Å²) in [5, 5.41) is 0. The highest BCUT2D eigenvalue weighted by molar-refractivity contribution is 5.73. The predicted molar refractivity (Wildman–Crippen MR) is 70.5 cm³/mol. The smallest absolute Gasteiger partial charge is 0.219 e. The topological polar surface area (TPSA) is 55.6 Å². The number of carbonyl (C=O) groups is 1. The third-order valence-corrected chi connectivity index (χ3v) is 3.72. The number of halogens is 1. The van der Waals surface area contributed by atoms with E-state index in [1.54, 1.807) is 17.9 Å². The van der Waals surface area contributed by atoms with E-state index in [-0.39, 0.29) is 23.6 Å². The van der Waals surface area contributed by atoms with Crippen LogP contribution in [0.2, 0.25) is 0 Å². The van der Waals surface area contributed by atoms with Crippen LogP contribution in [0.15, 0.2) is 18.2 Å². The number of amides is 1. The van der Waals surface area contributed by atoms with Gasteiger partial charge >= 0.3 is 0 Å². The van der Waals surface area contributed by atoms with Crippen molar-refractivity contribution >= 4 is 5.91 Å². The molecule has 0 saturated carbocycles. The van der Waals surface area contributed by atoms with Crippen molar-refractivity contribution in [2.75, 3.05) is 20.2 Å². The van der Waals surface area contributed by atoms with Gasteiger partial charge in [0.2, 0.25) is 5.91 Å². The van der Waals surface area contributed by atoms with Gasteiger partial charge in [-0.05, 0) is 24.1 Å². The van der Waals surface area contributed by atoms with Crippen LogP contribution in [-0.4, -0.2) is 37.0 Å². The number of ether oxygens (including phenoxy) is 1. The average molecular weight is 266 g/mol. The maximum absolute atomic E-state index is 13.7. The number of likely N-dealkylation sites (tertiary alicyclic amines) is 1. The van der Waals surface area contributed by atoms with E-state index in [0.29, 0.717) is 13.1 Å². The molecule has 1 amide bonds. The number of benzene rings is 1. The highest BCUT2D eigenvalue weighted by Crippen LogP contribution is 2.29. The number of hydrogen-bond acceptors (Lipinski definition) is 3. The summed E-state index contributed by atoms with van der Waals surface area (Å²) in [4.78, 5) is 13.2. The van der Waals surface area contributed by atoms with Crippen molar-refractivity contribution < 1.29 is 13.9 Å². The summed E-state index contributed by atoms with van der Waals surface area (Å²) >= 11 is 0. The summed E-state index contributed by atoms with van der Waals surface area (Å²) in [6.45, 7) is 2.76. The van der Waals surface area contributed by atoms with Gasteiger partial charge in [0.1, 0.15) is 0 Å². The largest absolute Gasteiger partial charge is 0.494 e. The number of carbonyl (C=O) groups excluding carboxylic acids is 1. The molecule has 0 aliphatic carbocycles. The van der Waals surface area contributed by atoms with Crippen LogP contribution in [0.1, 0.15) is 24.8 Å². The van der Waals surface area contributed by atoms with Crippen LogP contribution in [0.5, 0.6) is 5.75 Å². The predicted octanol–water partition coefficient (Wildman–Crippen LogP) is 1.50. The van der Waals surface area contributed by atoms with Crippen LogP contribution < -0.4 is 10.5 Å². The first-order chi connectivity index (χ1) is 9.02. The molecule has 1 aromatic carbocycles. The van der Waals surface area contributed by atoms with E-state index in [9.17, 15) is 9.18 Å². The van der Waals surface area contributed by atoms with Crippen LogP contribution in [-0.2, 0) is 4.79 Å². The zero-order valence-electron chi connectivity index (χ0n) is 11.2. The second kappa shape index (κ2) is 5.57. The first-order valence-corrected chi connectivity index (χ1v) is 6.37. The van der Waals surface area contributed by atoms with Crippen molar-refractivity contribution in [2.45, 2.75) is 25.3 Å². The van der Waals surface area contributed by atoms with E-state index in [0.717, 1.165) is 12.0 Å². The quantitative estimate of drug-likeness (QED) is 0.882. The molecule has 2 N–H and O–H groups in total. The first-order valence-electron chi connectivity index (χ1n) is 6.37. The summed E-state index contributed by atoms with van der Waals surface area (Å²) in [5.41, 5.74) is 6.92. The summed E-state index contributed by atoms with van der Waals surface area (Å²) in [6.07, 6.45) is 0.734. The maximum Gasteiger partial charge on any atom is 0.219 e. The SMILES string of the molecule is COc1ccc(C2CN(C(C)=O)CCC2N)cc1F. The van der Waals surface area contributed by atoms with Gasteiger partial charge in [0.15, 0.2) is 11.6 Å². The zero-order chi connectivity index (χ0) is 14.0. The lowest BCUT2D eigenvalue weighted by Crippen LogP contribution is -2.47. The number of nitrogens with two attached hydrogens (primary N) is 1. The highest BCUT2D eigenvalue weighted by atomic mass is 19.1. The van der Waals surface area contributed by atoms with Gasteiger partial charge in [-0.2, -0.15) is 0 Å². The fraction of sp³-hybridized carbons (Fsp3) is 0.500. The van der Waals surface area contributed by atoms with E-state index >= 15 is 0 Å². The lowest BCUT2D eigenvalue weighted by Gasteiger charge is -2.36.